The van der Waals surface area contributed by atoms with E-state index >= 15 is 0 Å². The monoisotopic (exact) mass is 294 g/mol. The molecule has 2 aliphatic rings. The molecule has 21 heavy (non-hydrogen) atoms. The number of rotatable bonds is 5. The van der Waals surface area contributed by atoms with Crippen LogP contribution in [0.15, 0.2) is 0 Å². The van der Waals surface area contributed by atoms with Gasteiger partial charge >= 0.3 is 0 Å². The molecule has 1 aliphatic carbocycles. The number of amides is 3. The molecule has 1 N–H and O–H groups in total. The van der Waals surface area contributed by atoms with Crippen LogP contribution in [0.5, 0.6) is 0 Å². The summed E-state index contributed by atoms with van der Waals surface area (Å²) >= 11 is 0. The molecule has 5 heteroatoms. The van der Waals surface area contributed by atoms with E-state index in [4.69, 9.17) is 0 Å². The summed E-state index contributed by atoms with van der Waals surface area (Å²) < 4.78 is 0. The number of imide groups is 1. The second-order valence-corrected chi connectivity index (χ2v) is 6.25. The van der Waals surface area contributed by atoms with Crippen molar-refractivity contribution in [3.05, 3.63) is 0 Å². The molecular weight excluding hydrogens is 268 g/mol. The van der Waals surface area contributed by atoms with E-state index in [2.05, 4.69) is 5.32 Å². The van der Waals surface area contributed by atoms with Gasteiger partial charge in [0.1, 0.15) is 12.6 Å². The Morgan fingerprint density at radius 1 is 1.24 bits per heavy atom. The first kappa shape index (κ1) is 16.0. The highest BCUT2D eigenvalue weighted by Gasteiger charge is 2.35. The summed E-state index contributed by atoms with van der Waals surface area (Å²) in [4.78, 5) is 36.9. The summed E-state index contributed by atoms with van der Waals surface area (Å²) in [6, 6.07) is -0.482. The van der Waals surface area contributed by atoms with Crippen molar-refractivity contribution in [1.29, 1.82) is 0 Å². The molecule has 0 aromatic rings. The zero-order chi connectivity index (χ0) is 15.2. The Morgan fingerprint density at radius 3 is 2.62 bits per heavy atom. The minimum Gasteiger partial charge on any atom is -0.321 e. The number of hydrogen-bond donors (Lipinski definition) is 1. The van der Waals surface area contributed by atoms with Gasteiger partial charge in [0.15, 0.2) is 0 Å². The van der Waals surface area contributed by atoms with Crippen molar-refractivity contribution in [2.24, 2.45) is 5.92 Å². The zero-order valence-electron chi connectivity index (χ0n) is 12.9. The standard InChI is InChI=1S/C16H26N2O3/c1-2-13-16(21)17-14(19)11-18(13)15(20)10-6-9-12-7-4-3-5-8-12/h12-13H,2-11H2,1H3,(H,17,19,21). The molecule has 1 unspecified atom stereocenters. The Labute approximate surface area is 126 Å². The molecule has 0 spiro atoms. The van der Waals surface area contributed by atoms with Crippen LogP contribution in [-0.4, -0.2) is 35.2 Å². The fourth-order valence-corrected chi connectivity index (χ4v) is 3.50. The van der Waals surface area contributed by atoms with Crippen LogP contribution >= 0.6 is 0 Å². The van der Waals surface area contributed by atoms with Crippen molar-refractivity contribution < 1.29 is 14.4 Å². The molecule has 2 fully saturated rings. The zero-order valence-corrected chi connectivity index (χ0v) is 12.9. The third-order valence-electron chi connectivity index (χ3n) is 4.69. The molecule has 0 aromatic carbocycles. The molecule has 3 amide bonds. The van der Waals surface area contributed by atoms with Gasteiger partial charge in [0, 0.05) is 6.42 Å². The van der Waals surface area contributed by atoms with E-state index < -0.39 is 6.04 Å². The first-order chi connectivity index (χ1) is 10.1. The molecule has 0 aromatic heterocycles. The van der Waals surface area contributed by atoms with Gasteiger partial charge in [0.25, 0.3) is 0 Å². The number of carbonyl (C=O) groups excluding carboxylic acids is 3. The van der Waals surface area contributed by atoms with Crippen LogP contribution in [0.2, 0.25) is 0 Å². The lowest BCUT2D eigenvalue weighted by molar-refractivity contribution is -0.150. The van der Waals surface area contributed by atoms with Crippen LogP contribution in [0.25, 0.3) is 0 Å². The van der Waals surface area contributed by atoms with E-state index in [0.717, 1.165) is 18.8 Å². The van der Waals surface area contributed by atoms with Crippen molar-refractivity contribution >= 4 is 17.7 Å². The average Bonchev–Trinajstić information content (AvgIpc) is 2.47. The summed E-state index contributed by atoms with van der Waals surface area (Å²) in [5.74, 6) is 0.000351. The predicted molar refractivity (Wildman–Crippen MR) is 79.4 cm³/mol. The smallest absolute Gasteiger partial charge is 0.249 e. The van der Waals surface area contributed by atoms with Crippen LogP contribution in [0, 0.1) is 5.92 Å². The fourth-order valence-electron chi connectivity index (χ4n) is 3.50. The van der Waals surface area contributed by atoms with Gasteiger partial charge in [-0.1, -0.05) is 39.0 Å². The summed E-state index contributed by atoms with van der Waals surface area (Å²) in [5, 5.41) is 2.30. The number of nitrogens with zero attached hydrogens (tertiary/aromatic N) is 1. The number of hydrogen-bond acceptors (Lipinski definition) is 3. The summed E-state index contributed by atoms with van der Waals surface area (Å²) in [7, 11) is 0. The molecule has 1 atom stereocenters. The van der Waals surface area contributed by atoms with Gasteiger partial charge in [0.2, 0.25) is 17.7 Å². The van der Waals surface area contributed by atoms with Crippen LogP contribution in [0.1, 0.15) is 64.7 Å². The maximum Gasteiger partial charge on any atom is 0.249 e. The highest BCUT2D eigenvalue weighted by molar-refractivity contribution is 6.04. The highest BCUT2D eigenvalue weighted by atomic mass is 16.2. The maximum absolute atomic E-state index is 12.3. The Bertz CT molecular complexity index is 402. The van der Waals surface area contributed by atoms with E-state index in [0.29, 0.717) is 12.8 Å². The highest BCUT2D eigenvalue weighted by Crippen LogP contribution is 2.28. The molecule has 0 radical (unpaired) electrons. The largest absolute Gasteiger partial charge is 0.321 e. The minimum absolute atomic E-state index is 0.0203. The average molecular weight is 294 g/mol. The first-order valence-electron chi connectivity index (χ1n) is 8.25. The molecule has 1 saturated heterocycles. The van der Waals surface area contributed by atoms with Crippen molar-refractivity contribution in [2.45, 2.75) is 70.8 Å². The minimum atomic E-state index is -0.482. The Morgan fingerprint density at radius 2 is 1.95 bits per heavy atom. The van der Waals surface area contributed by atoms with E-state index in [1.165, 1.54) is 37.0 Å². The van der Waals surface area contributed by atoms with E-state index in [-0.39, 0.29) is 24.3 Å². The Hall–Kier alpha value is -1.39. The summed E-state index contributed by atoms with van der Waals surface area (Å²) in [6.45, 7) is 1.88. The fraction of sp³-hybridized carbons (Fsp3) is 0.812. The van der Waals surface area contributed by atoms with Gasteiger partial charge in [-0.15, -0.1) is 0 Å². The van der Waals surface area contributed by atoms with Gasteiger partial charge in [0.05, 0.1) is 0 Å². The lowest BCUT2D eigenvalue weighted by Crippen LogP contribution is -2.59. The summed E-state index contributed by atoms with van der Waals surface area (Å²) in [6.07, 6.45) is 9.52. The second kappa shape index (κ2) is 7.57. The SMILES string of the molecule is CCC1C(=O)NC(=O)CN1C(=O)CCCC1CCCCC1. The van der Waals surface area contributed by atoms with Crippen LogP contribution in [0.3, 0.4) is 0 Å². The third-order valence-corrected chi connectivity index (χ3v) is 4.69. The third kappa shape index (κ3) is 4.29. The van der Waals surface area contributed by atoms with Gasteiger partial charge < -0.3 is 4.90 Å². The van der Waals surface area contributed by atoms with Gasteiger partial charge in [-0.2, -0.15) is 0 Å². The molecule has 5 nitrogen and oxygen atoms in total. The maximum atomic E-state index is 12.3. The van der Waals surface area contributed by atoms with Crippen molar-refractivity contribution in [2.75, 3.05) is 6.54 Å². The Kier molecular flexibility index (Phi) is 5.76. The quantitative estimate of drug-likeness (QED) is 0.789. The molecule has 1 aliphatic heterocycles. The topological polar surface area (TPSA) is 66.5 Å². The van der Waals surface area contributed by atoms with Gasteiger partial charge in [-0.3, -0.25) is 19.7 Å². The van der Waals surface area contributed by atoms with Crippen molar-refractivity contribution in [3.8, 4) is 0 Å². The van der Waals surface area contributed by atoms with Crippen LogP contribution < -0.4 is 5.32 Å². The normalized spacial score (nSPS) is 24.0. The molecule has 2 rings (SSSR count). The molecule has 118 valence electrons. The number of nitrogens with one attached hydrogen (secondary N) is 1. The van der Waals surface area contributed by atoms with Crippen LogP contribution in [-0.2, 0) is 14.4 Å². The second-order valence-electron chi connectivity index (χ2n) is 6.25. The number of carbonyl (C=O) groups is 3. The Balaban J connectivity index is 1.80. The van der Waals surface area contributed by atoms with E-state index in [9.17, 15) is 14.4 Å². The van der Waals surface area contributed by atoms with Crippen LogP contribution in [0.4, 0.5) is 0 Å². The predicted octanol–water partition coefficient (Wildman–Crippen LogP) is 2.00. The number of piperazine rings is 1. The molecule has 1 heterocycles. The van der Waals surface area contributed by atoms with Gasteiger partial charge in [-0.25, -0.2) is 0 Å². The first-order valence-corrected chi connectivity index (χ1v) is 8.25. The van der Waals surface area contributed by atoms with Crippen molar-refractivity contribution in [1.82, 2.24) is 10.2 Å². The lowest BCUT2D eigenvalue weighted by Gasteiger charge is -2.33. The summed E-state index contributed by atoms with van der Waals surface area (Å²) in [5.41, 5.74) is 0. The lowest BCUT2D eigenvalue weighted by atomic mass is 9.86. The molecule has 0 bridgehead atoms. The van der Waals surface area contributed by atoms with Crippen molar-refractivity contribution in [3.63, 3.8) is 0 Å². The molecular formula is C16H26N2O3. The van der Waals surface area contributed by atoms with E-state index in [1.807, 2.05) is 6.92 Å². The van der Waals surface area contributed by atoms with Gasteiger partial charge in [-0.05, 0) is 25.2 Å². The van der Waals surface area contributed by atoms with E-state index in [1.54, 1.807) is 0 Å². The molecule has 1 saturated carbocycles.